The molecule has 1 aromatic heterocycles. The molecule has 3 rings (SSSR count). The van der Waals surface area contributed by atoms with Gasteiger partial charge in [0.25, 0.3) is 0 Å². The van der Waals surface area contributed by atoms with Crippen LogP contribution in [0.15, 0.2) is 57.7 Å². The molecule has 4 heteroatoms. The second-order valence-corrected chi connectivity index (χ2v) is 4.73. The Hall–Kier alpha value is -2.88. The van der Waals surface area contributed by atoms with Crippen molar-refractivity contribution in [3.05, 3.63) is 64.3 Å². The molecule has 1 heterocycles. The van der Waals surface area contributed by atoms with Gasteiger partial charge in [-0.25, -0.2) is 0 Å². The summed E-state index contributed by atoms with van der Waals surface area (Å²) in [7, 11) is 0. The van der Waals surface area contributed by atoms with Gasteiger partial charge in [0.1, 0.15) is 22.7 Å². The fraction of sp³-hybridized carbons (Fsp3) is 0.0588. The van der Waals surface area contributed by atoms with E-state index in [2.05, 4.69) is 0 Å². The number of ketones is 1. The third-order valence-electron chi connectivity index (χ3n) is 3.28. The van der Waals surface area contributed by atoms with Crippen LogP contribution in [-0.4, -0.2) is 10.9 Å². The number of benzene rings is 2. The van der Waals surface area contributed by atoms with Crippen LogP contribution in [0.5, 0.6) is 5.75 Å². The molecule has 4 nitrogen and oxygen atoms in total. The molecule has 0 bridgehead atoms. The smallest absolute Gasteiger partial charge is 0.204 e. The Balaban J connectivity index is 2.40. The third-order valence-corrected chi connectivity index (χ3v) is 3.28. The first-order valence-electron chi connectivity index (χ1n) is 6.44. The maximum atomic E-state index is 12.5. The van der Waals surface area contributed by atoms with Crippen molar-refractivity contribution < 1.29 is 14.3 Å². The zero-order valence-corrected chi connectivity index (χ0v) is 11.3. The second-order valence-electron chi connectivity index (χ2n) is 4.73. The number of rotatable bonds is 2. The fourth-order valence-corrected chi connectivity index (χ4v) is 2.28. The van der Waals surface area contributed by atoms with Crippen molar-refractivity contribution in [1.82, 2.24) is 0 Å². The first-order valence-corrected chi connectivity index (χ1v) is 6.44. The molecule has 2 aromatic carbocycles. The summed E-state index contributed by atoms with van der Waals surface area (Å²) in [6, 6.07) is 13.0. The summed E-state index contributed by atoms with van der Waals surface area (Å²) in [5.41, 5.74) is 0.684. The lowest BCUT2D eigenvalue weighted by molar-refractivity contribution is 0.101. The van der Waals surface area contributed by atoms with E-state index in [4.69, 9.17) is 4.42 Å². The molecule has 0 saturated heterocycles. The highest BCUT2D eigenvalue weighted by atomic mass is 16.3. The van der Waals surface area contributed by atoms with Crippen LogP contribution < -0.4 is 5.43 Å². The lowest BCUT2D eigenvalue weighted by Crippen LogP contribution is -2.14. The number of fused-ring (bicyclic) bond motifs is 1. The monoisotopic (exact) mass is 280 g/mol. The van der Waals surface area contributed by atoms with Crippen molar-refractivity contribution >= 4 is 16.8 Å². The van der Waals surface area contributed by atoms with Gasteiger partial charge in [-0.3, -0.25) is 9.59 Å². The van der Waals surface area contributed by atoms with E-state index in [0.29, 0.717) is 16.5 Å². The van der Waals surface area contributed by atoms with Crippen LogP contribution in [0.3, 0.4) is 0 Å². The van der Waals surface area contributed by atoms with Gasteiger partial charge < -0.3 is 9.52 Å². The molecule has 0 aliphatic carbocycles. The Morgan fingerprint density at radius 1 is 1.05 bits per heavy atom. The third kappa shape index (κ3) is 2.21. The molecule has 3 aromatic rings. The number of aromatic hydroxyl groups is 1. The van der Waals surface area contributed by atoms with Crippen molar-refractivity contribution in [3.63, 3.8) is 0 Å². The Morgan fingerprint density at radius 2 is 1.71 bits per heavy atom. The van der Waals surface area contributed by atoms with E-state index < -0.39 is 0 Å². The number of hydrogen-bond acceptors (Lipinski definition) is 4. The second kappa shape index (κ2) is 4.90. The summed E-state index contributed by atoms with van der Waals surface area (Å²) >= 11 is 0. The Kier molecular flexibility index (Phi) is 3.06. The number of phenols is 1. The Labute approximate surface area is 120 Å². The van der Waals surface area contributed by atoms with E-state index in [1.807, 2.05) is 0 Å². The van der Waals surface area contributed by atoms with Crippen molar-refractivity contribution in [3.8, 4) is 17.1 Å². The first-order chi connectivity index (χ1) is 10.1. The highest BCUT2D eigenvalue weighted by Gasteiger charge is 2.19. The van der Waals surface area contributed by atoms with Crippen LogP contribution in [0, 0.1) is 0 Å². The van der Waals surface area contributed by atoms with Gasteiger partial charge in [0, 0.05) is 5.56 Å². The molecule has 21 heavy (non-hydrogen) atoms. The minimum absolute atomic E-state index is 0.0272. The lowest BCUT2D eigenvalue weighted by atomic mass is 10.0. The summed E-state index contributed by atoms with van der Waals surface area (Å²) in [6.45, 7) is 1.34. The van der Waals surface area contributed by atoms with Gasteiger partial charge >= 0.3 is 0 Å². The largest absolute Gasteiger partial charge is 0.508 e. The predicted octanol–water partition coefficient (Wildman–Crippen LogP) is 3.37. The number of Topliss-reactive ketones (excluding diaryl/α,β-unsaturated/α-hetero) is 1. The quantitative estimate of drug-likeness (QED) is 0.731. The zero-order valence-electron chi connectivity index (χ0n) is 11.3. The van der Waals surface area contributed by atoms with Gasteiger partial charge in [0.15, 0.2) is 5.78 Å². The lowest BCUT2D eigenvalue weighted by Gasteiger charge is -2.08. The molecule has 0 radical (unpaired) electrons. The summed E-state index contributed by atoms with van der Waals surface area (Å²) in [6.07, 6.45) is 0. The van der Waals surface area contributed by atoms with Crippen molar-refractivity contribution in [2.45, 2.75) is 6.92 Å². The number of carbonyl (C=O) groups excluding carboxylic acids is 1. The highest BCUT2D eigenvalue weighted by molar-refractivity contribution is 6.02. The molecule has 0 saturated carbocycles. The molecule has 0 aliphatic heterocycles. The minimum Gasteiger partial charge on any atom is -0.508 e. The van der Waals surface area contributed by atoms with Crippen molar-refractivity contribution in [1.29, 1.82) is 0 Å². The van der Waals surface area contributed by atoms with Crippen molar-refractivity contribution in [2.24, 2.45) is 0 Å². The maximum absolute atomic E-state index is 12.5. The molecule has 0 amide bonds. The van der Waals surface area contributed by atoms with E-state index in [-0.39, 0.29) is 28.3 Å². The summed E-state index contributed by atoms with van der Waals surface area (Å²) in [4.78, 5) is 24.4. The van der Waals surface area contributed by atoms with Gasteiger partial charge in [-0.2, -0.15) is 0 Å². The van der Waals surface area contributed by atoms with E-state index in [1.54, 1.807) is 36.4 Å². The normalized spacial score (nSPS) is 10.7. The van der Waals surface area contributed by atoms with Crippen molar-refractivity contribution in [2.75, 3.05) is 0 Å². The van der Waals surface area contributed by atoms with Gasteiger partial charge in [-0.15, -0.1) is 0 Å². The molecule has 104 valence electrons. The number of hydrogen-bond donors (Lipinski definition) is 1. The molecule has 1 N–H and O–H groups in total. The molecule has 0 atom stereocenters. The van der Waals surface area contributed by atoms with Crippen LogP contribution in [0.1, 0.15) is 17.3 Å². The average molecular weight is 280 g/mol. The molecular weight excluding hydrogens is 268 g/mol. The molecular formula is C17H12O4. The molecule has 0 aliphatic rings. The van der Waals surface area contributed by atoms with E-state index >= 15 is 0 Å². The minimum atomic E-state index is -0.349. The predicted molar refractivity (Wildman–Crippen MR) is 79.6 cm³/mol. The average Bonchev–Trinajstić information content (AvgIpc) is 2.47. The van der Waals surface area contributed by atoms with Crippen LogP contribution >= 0.6 is 0 Å². The zero-order chi connectivity index (χ0) is 15.0. The first kappa shape index (κ1) is 13.1. The van der Waals surface area contributed by atoms with Gasteiger partial charge in [0.2, 0.25) is 5.43 Å². The van der Waals surface area contributed by atoms with Gasteiger partial charge in [-0.1, -0.05) is 12.1 Å². The Bertz CT molecular complexity index is 889. The number of carbonyl (C=O) groups is 1. The Morgan fingerprint density at radius 3 is 2.38 bits per heavy atom. The highest BCUT2D eigenvalue weighted by Crippen LogP contribution is 2.27. The SMILES string of the molecule is CC(=O)c1c(-c2ccc(O)cc2)oc2ccccc2c1=O. The van der Waals surface area contributed by atoms with Crippen LogP contribution in [0.2, 0.25) is 0 Å². The van der Waals surface area contributed by atoms with Crippen LogP contribution in [0.4, 0.5) is 0 Å². The molecule has 0 unspecified atom stereocenters. The maximum Gasteiger partial charge on any atom is 0.204 e. The number of para-hydroxylation sites is 1. The number of phenolic OH excluding ortho intramolecular Hbond substituents is 1. The van der Waals surface area contributed by atoms with Gasteiger partial charge in [0.05, 0.1) is 5.39 Å². The van der Waals surface area contributed by atoms with E-state index in [9.17, 15) is 14.7 Å². The summed E-state index contributed by atoms with van der Waals surface area (Å²) in [5.74, 6) is -0.0185. The van der Waals surface area contributed by atoms with Crippen LogP contribution in [-0.2, 0) is 0 Å². The van der Waals surface area contributed by atoms with Crippen LogP contribution in [0.25, 0.3) is 22.3 Å². The summed E-state index contributed by atoms with van der Waals surface area (Å²) < 4.78 is 5.76. The van der Waals surface area contributed by atoms with E-state index in [0.717, 1.165) is 0 Å². The van der Waals surface area contributed by atoms with Gasteiger partial charge in [-0.05, 0) is 43.3 Å². The molecule has 0 fully saturated rings. The topological polar surface area (TPSA) is 67.5 Å². The van der Waals surface area contributed by atoms with E-state index in [1.165, 1.54) is 19.1 Å². The fourth-order valence-electron chi connectivity index (χ4n) is 2.28. The molecule has 0 spiro atoms. The standard InChI is InChI=1S/C17H12O4/c1-10(18)15-16(20)13-4-2-3-5-14(13)21-17(15)11-6-8-12(19)9-7-11/h2-9,19H,1H3. The summed E-state index contributed by atoms with van der Waals surface area (Å²) in [5, 5.41) is 9.73.